The maximum Gasteiger partial charge on any atom is 0.203 e. The van der Waals surface area contributed by atoms with Crippen molar-refractivity contribution in [2.45, 2.75) is 33.1 Å². The average molecular weight is 225 g/mol. The molecule has 0 saturated heterocycles. The Bertz CT molecular complexity index is 382. The number of unbranched alkanes of at least 4 members (excludes halogenated alkanes) is 1. The zero-order valence-electron chi connectivity index (χ0n) is 9.92. The second-order valence-electron chi connectivity index (χ2n) is 3.97. The molecule has 0 fully saturated rings. The summed E-state index contributed by atoms with van der Waals surface area (Å²) in [6.07, 6.45) is 3.38. The van der Waals surface area contributed by atoms with Crippen LogP contribution in [0.25, 0.3) is 0 Å². The minimum Gasteiger partial charge on any atom is -0.349 e. The second-order valence-corrected chi connectivity index (χ2v) is 4.35. The number of anilines is 1. The van der Waals surface area contributed by atoms with Crippen LogP contribution in [0.1, 0.15) is 31.0 Å². The van der Waals surface area contributed by atoms with Crippen molar-refractivity contribution in [3.8, 4) is 0 Å². The van der Waals surface area contributed by atoms with E-state index in [1.165, 1.54) is 18.4 Å². The molecule has 0 radical (unpaired) electrons. The lowest BCUT2D eigenvalue weighted by Gasteiger charge is -2.14. The predicted octanol–water partition coefficient (Wildman–Crippen LogP) is 2.86. The van der Waals surface area contributed by atoms with Gasteiger partial charge in [0.05, 0.1) is 0 Å². The van der Waals surface area contributed by atoms with Gasteiger partial charge in [-0.05, 0) is 19.8 Å². The predicted molar refractivity (Wildman–Crippen MR) is 67.1 cm³/mol. The van der Waals surface area contributed by atoms with Gasteiger partial charge in [0.25, 0.3) is 0 Å². The number of hydrogen-bond donors (Lipinski definition) is 1. The Kier molecular flexibility index (Phi) is 4.27. The number of aromatic nitrogens is 2. The minimum absolute atomic E-state index is 0.739. The number of nitrogens with one attached hydrogen (secondary N) is 1. The van der Waals surface area contributed by atoms with E-state index in [0.717, 1.165) is 22.7 Å². The molecule has 0 aliphatic carbocycles. The lowest BCUT2D eigenvalue weighted by molar-refractivity contribution is 0.776. The highest BCUT2D eigenvalue weighted by Crippen LogP contribution is 2.13. The molecular weight excluding hydrogens is 206 g/mol. The number of nitrogens with zero attached hydrogens (tertiary/aromatic N) is 2. The van der Waals surface area contributed by atoms with Gasteiger partial charge in [-0.15, -0.1) is 0 Å². The highest BCUT2D eigenvalue weighted by Gasteiger charge is 2.05. The van der Waals surface area contributed by atoms with Crippen LogP contribution in [0.2, 0.25) is 0 Å². The molecule has 15 heavy (non-hydrogen) atoms. The fraction of sp³-hybridized carbons (Fsp3) is 0.636. The summed E-state index contributed by atoms with van der Waals surface area (Å²) in [5, 5.41) is 0. The normalized spacial score (nSPS) is 10.4. The molecule has 1 aromatic heterocycles. The summed E-state index contributed by atoms with van der Waals surface area (Å²) in [6.45, 7) is 4.25. The standard InChI is InChI=1S/C11H19N3S/c1-5-6-7-9-8(2)12-11(14(3)4)13-10(9)15/h5-7H2,1-4H3,(H,12,13,15). The topological polar surface area (TPSA) is 31.9 Å². The smallest absolute Gasteiger partial charge is 0.203 e. The Morgan fingerprint density at radius 2 is 2.07 bits per heavy atom. The summed E-state index contributed by atoms with van der Waals surface area (Å²) in [7, 11) is 3.91. The van der Waals surface area contributed by atoms with Crippen LogP contribution >= 0.6 is 12.2 Å². The Morgan fingerprint density at radius 1 is 1.40 bits per heavy atom. The third kappa shape index (κ3) is 3.02. The molecule has 1 aromatic rings. The first-order chi connectivity index (χ1) is 7.06. The molecular formula is C11H19N3S. The van der Waals surface area contributed by atoms with Gasteiger partial charge in [-0.1, -0.05) is 25.6 Å². The molecule has 0 unspecified atom stereocenters. The Morgan fingerprint density at radius 3 is 2.53 bits per heavy atom. The summed E-state index contributed by atoms with van der Waals surface area (Å²) in [5.41, 5.74) is 2.34. The van der Waals surface area contributed by atoms with Crippen LogP contribution in [0.15, 0.2) is 0 Å². The van der Waals surface area contributed by atoms with E-state index < -0.39 is 0 Å². The average Bonchev–Trinajstić information content (AvgIpc) is 2.16. The van der Waals surface area contributed by atoms with Crippen molar-refractivity contribution in [1.29, 1.82) is 0 Å². The number of aryl methyl sites for hydroxylation is 1. The summed E-state index contributed by atoms with van der Waals surface area (Å²) >= 11 is 5.30. The van der Waals surface area contributed by atoms with Gasteiger partial charge >= 0.3 is 0 Å². The monoisotopic (exact) mass is 225 g/mol. The van der Waals surface area contributed by atoms with Crippen molar-refractivity contribution in [2.24, 2.45) is 0 Å². The molecule has 1 N–H and O–H groups in total. The summed E-state index contributed by atoms with van der Waals surface area (Å²) in [5.74, 6) is 0.831. The number of H-pyrrole nitrogens is 1. The van der Waals surface area contributed by atoms with Crippen LogP contribution in [-0.4, -0.2) is 24.1 Å². The molecule has 0 bridgehead atoms. The van der Waals surface area contributed by atoms with Crippen LogP contribution in [0.5, 0.6) is 0 Å². The largest absolute Gasteiger partial charge is 0.349 e. The third-order valence-corrected chi connectivity index (χ3v) is 2.76. The van der Waals surface area contributed by atoms with Crippen molar-refractivity contribution in [2.75, 3.05) is 19.0 Å². The molecule has 1 heterocycles. The number of aromatic amines is 1. The molecule has 0 atom stereocenters. The molecule has 0 aliphatic rings. The van der Waals surface area contributed by atoms with Crippen molar-refractivity contribution in [3.05, 3.63) is 15.9 Å². The highest BCUT2D eigenvalue weighted by atomic mass is 32.1. The van der Waals surface area contributed by atoms with E-state index >= 15 is 0 Å². The van der Waals surface area contributed by atoms with E-state index in [4.69, 9.17) is 12.2 Å². The molecule has 0 aliphatic heterocycles. The van der Waals surface area contributed by atoms with Gasteiger partial charge in [-0.2, -0.15) is 0 Å². The second kappa shape index (κ2) is 5.26. The lowest BCUT2D eigenvalue weighted by Crippen LogP contribution is -2.14. The number of rotatable bonds is 4. The summed E-state index contributed by atoms with van der Waals surface area (Å²) in [4.78, 5) is 9.58. The van der Waals surface area contributed by atoms with E-state index in [-0.39, 0.29) is 0 Å². The zero-order valence-corrected chi connectivity index (χ0v) is 10.7. The van der Waals surface area contributed by atoms with E-state index in [1.54, 1.807) is 0 Å². The SMILES string of the molecule is CCCCc1c(C)[nH]c(N(C)C)nc1=S. The first-order valence-corrected chi connectivity index (χ1v) is 5.74. The maximum atomic E-state index is 5.30. The minimum atomic E-state index is 0.739. The van der Waals surface area contributed by atoms with Gasteiger partial charge in [-0.25, -0.2) is 4.98 Å². The van der Waals surface area contributed by atoms with Gasteiger partial charge in [0, 0.05) is 25.4 Å². The van der Waals surface area contributed by atoms with Crippen LogP contribution in [0.3, 0.4) is 0 Å². The van der Waals surface area contributed by atoms with E-state index in [1.807, 2.05) is 19.0 Å². The van der Waals surface area contributed by atoms with E-state index in [9.17, 15) is 0 Å². The van der Waals surface area contributed by atoms with Gasteiger partial charge < -0.3 is 9.88 Å². The van der Waals surface area contributed by atoms with Crippen molar-refractivity contribution >= 4 is 18.2 Å². The molecule has 0 spiro atoms. The maximum absolute atomic E-state index is 5.30. The lowest BCUT2D eigenvalue weighted by atomic mass is 10.1. The first kappa shape index (κ1) is 12.2. The highest BCUT2D eigenvalue weighted by molar-refractivity contribution is 7.71. The third-order valence-electron chi connectivity index (χ3n) is 2.42. The van der Waals surface area contributed by atoms with Gasteiger partial charge in [0.1, 0.15) is 4.64 Å². The van der Waals surface area contributed by atoms with Crippen molar-refractivity contribution in [1.82, 2.24) is 9.97 Å². The molecule has 1 rings (SSSR count). The van der Waals surface area contributed by atoms with E-state index in [0.29, 0.717) is 0 Å². The number of hydrogen-bond acceptors (Lipinski definition) is 3. The van der Waals surface area contributed by atoms with Gasteiger partial charge in [0.15, 0.2) is 0 Å². The van der Waals surface area contributed by atoms with Crippen LogP contribution < -0.4 is 4.90 Å². The Labute approximate surface area is 96.5 Å². The van der Waals surface area contributed by atoms with Crippen LogP contribution in [0, 0.1) is 11.6 Å². The van der Waals surface area contributed by atoms with Crippen molar-refractivity contribution < 1.29 is 0 Å². The first-order valence-electron chi connectivity index (χ1n) is 5.33. The van der Waals surface area contributed by atoms with Crippen molar-refractivity contribution in [3.63, 3.8) is 0 Å². The molecule has 0 amide bonds. The molecule has 3 nitrogen and oxygen atoms in total. The summed E-state index contributed by atoms with van der Waals surface area (Å²) in [6, 6.07) is 0. The molecule has 0 saturated carbocycles. The Hall–Kier alpha value is -0.900. The van der Waals surface area contributed by atoms with E-state index in [2.05, 4.69) is 23.8 Å². The fourth-order valence-electron chi connectivity index (χ4n) is 1.45. The Balaban J connectivity index is 3.05. The quantitative estimate of drug-likeness (QED) is 0.800. The van der Waals surface area contributed by atoms with Crippen LogP contribution in [0.4, 0.5) is 5.95 Å². The van der Waals surface area contributed by atoms with Gasteiger partial charge in [-0.3, -0.25) is 0 Å². The summed E-state index contributed by atoms with van der Waals surface area (Å²) < 4.78 is 0.739. The molecule has 4 heteroatoms. The van der Waals surface area contributed by atoms with Crippen LogP contribution in [-0.2, 0) is 6.42 Å². The van der Waals surface area contributed by atoms with Gasteiger partial charge in [0.2, 0.25) is 5.95 Å². The molecule has 0 aromatic carbocycles. The fourth-order valence-corrected chi connectivity index (χ4v) is 1.80. The zero-order chi connectivity index (χ0) is 11.4. The molecule has 84 valence electrons.